The summed E-state index contributed by atoms with van der Waals surface area (Å²) >= 11 is 0. The summed E-state index contributed by atoms with van der Waals surface area (Å²) in [6.07, 6.45) is 2.71. The molecule has 4 N–H and O–H groups in total. The molecule has 0 bridgehead atoms. The molecule has 6 aromatic rings. The molecule has 26 nitrogen and oxygen atoms in total. The van der Waals surface area contributed by atoms with Crippen LogP contribution in [0.25, 0.3) is 12.2 Å². The van der Waals surface area contributed by atoms with Crippen molar-refractivity contribution in [3.63, 3.8) is 0 Å². The molecule has 0 saturated carbocycles. The number of hydrogen-bond acceptors (Lipinski definition) is 24. The fourth-order valence-corrected chi connectivity index (χ4v) is 9.01. The normalized spacial score (nSPS) is 14.8. The van der Waals surface area contributed by atoms with Gasteiger partial charge in [0.25, 0.3) is 0 Å². The number of morpholine rings is 2. The number of aromatic nitrogens is 6. The SMILES string of the molecule is O=S(=O)([O-])c1ccc(Nc2nc(N3CCOCC3)[nH]c(=Nc3ccc(/C=C/c4ccc(N=c5nc(Nc6ccc(S(=O)(=O)[O-])cc6)nc(N6CCOCC6)[nH]5)c(S(=O)(=O)[O-])c4)cc3S(=O)(=O)[O-])n2)cc1.[Na+].[Na+].[Na+].[Na+]. The zero-order valence-corrected chi connectivity index (χ0v) is 51.1. The Bertz CT molecular complexity index is 3370. The second-order valence-electron chi connectivity index (χ2n) is 15.0. The minimum Gasteiger partial charge on any atom is -0.744 e. The van der Waals surface area contributed by atoms with Crippen LogP contribution in [0.5, 0.6) is 0 Å². The Labute approximate surface area is 512 Å². The molecule has 0 atom stereocenters. The first-order valence-corrected chi connectivity index (χ1v) is 26.0. The molecule has 2 aliphatic heterocycles. The van der Waals surface area contributed by atoms with Gasteiger partial charge < -0.3 is 48.1 Å². The molecule has 368 valence electrons. The molecule has 4 aromatic carbocycles. The van der Waals surface area contributed by atoms with Crippen molar-refractivity contribution in [2.24, 2.45) is 9.98 Å². The summed E-state index contributed by atoms with van der Waals surface area (Å²) in [4.78, 5) is 33.2. The number of benzene rings is 4. The molecule has 0 aliphatic carbocycles. The number of H-pyrrole nitrogens is 2. The monoisotopic (exact) mass is 1130 g/mol. The third-order valence-electron chi connectivity index (χ3n) is 10.1. The second kappa shape index (κ2) is 27.0. The van der Waals surface area contributed by atoms with E-state index in [0.717, 1.165) is 36.4 Å². The fourth-order valence-electron chi connectivity index (χ4n) is 6.77. The van der Waals surface area contributed by atoms with E-state index < -0.39 is 60.1 Å². The van der Waals surface area contributed by atoms with Gasteiger partial charge in [-0.1, -0.05) is 24.3 Å². The summed E-state index contributed by atoms with van der Waals surface area (Å²) in [7, 11) is -19.9. The van der Waals surface area contributed by atoms with Gasteiger partial charge in [0, 0.05) is 37.6 Å². The first-order valence-electron chi connectivity index (χ1n) is 20.4. The van der Waals surface area contributed by atoms with Gasteiger partial charge in [0.05, 0.1) is 57.4 Å². The molecule has 2 fully saturated rings. The van der Waals surface area contributed by atoms with E-state index in [4.69, 9.17) is 9.47 Å². The van der Waals surface area contributed by atoms with Crippen LogP contribution in [0, 0.1) is 0 Å². The van der Waals surface area contributed by atoms with Crippen molar-refractivity contribution in [1.29, 1.82) is 0 Å². The number of nitrogens with zero attached hydrogens (tertiary/aromatic N) is 8. The van der Waals surface area contributed by atoms with Crippen molar-refractivity contribution in [3.05, 3.63) is 107 Å². The average Bonchev–Trinajstić information content (AvgIpc) is 3.31. The van der Waals surface area contributed by atoms with Crippen LogP contribution in [0.4, 0.5) is 46.5 Å². The topological polar surface area (TPSA) is 386 Å². The number of hydrogen-bond donors (Lipinski definition) is 4. The van der Waals surface area contributed by atoms with Gasteiger partial charge in [-0.05, 0) is 83.9 Å². The summed E-state index contributed by atoms with van der Waals surface area (Å²) in [5.41, 5.74) is -0.155. The van der Waals surface area contributed by atoms with Gasteiger partial charge in [-0.25, -0.2) is 43.7 Å². The molecule has 34 heteroatoms. The van der Waals surface area contributed by atoms with Crippen molar-refractivity contribution < 1.29 is 180 Å². The molecule has 2 aromatic heterocycles. The maximum absolute atomic E-state index is 12.7. The van der Waals surface area contributed by atoms with Crippen LogP contribution >= 0.6 is 0 Å². The predicted molar refractivity (Wildman–Crippen MR) is 242 cm³/mol. The van der Waals surface area contributed by atoms with Crippen molar-refractivity contribution in [2.45, 2.75) is 19.6 Å². The van der Waals surface area contributed by atoms with Gasteiger partial charge in [0.15, 0.2) is 0 Å². The van der Waals surface area contributed by atoms with Crippen LogP contribution in [-0.4, -0.2) is 134 Å². The van der Waals surface area contributed by atoms with Crippen LogP contribution < -0.4 is 150 Å². The fraction of sp³-hybridized carbons (Fsp3) is 0.200. The summed E-state index contributed by atoms with van der Waals surface area (Å²) in [6, 6.07) is 17.0. The second-order valence-corrected chi connectivity index (χ2v) is 20.4. The first kappa shape index (κ1) is 63.5. The van der Waals surface area contributed by atoms with E-state index in [1.165, 1.54) is 60.7 Å². The Kier molecular flexibility index (Phi) is 23.2. The summed E-state index contributed by atoms with van der Waals surface area (Å²) < 4.78 is 155. The van der Waals surface area contributed by atoms with E-state index in [0.29, 0.717) is 52.6 Å². The van der Waals surface area contributed by atoms with Crippen molar-refractivity contribution >= 4 is 99.2 Å². The Hall–Kier alpha value is -3.00. The van der Waals surface area contributed by atoms with Gasteiger partial charge in [0.1, 0.15) is 40.5 Å². The van der Waals surface area contributed by atoms with Crippen molar-refractivity contribution in [1.82, 2.24) is 29.9 Å². The van der Waals surface area contributed by atoms with Crippen LogP contribution in [0.3, 0.4) is 0 Å². The van der Waals surface area contributed by atoms with Gasteiger partial charge in [-0.3, -0.25) is 9.97 Å². The van der Waals surface area contributed by atoms with Crippen molar-refractivity contribution in [2.75, 3.05) is 73.0 Å². The third kappa shape index (κ3) is 17.2. The van der Waals surface area contributed by atoms with Crippen LogP contribution in [0.15, 0.2) is 114 Å². The van der Waals surface area contributed by atoms with E-state index >= 15 is 0 Å². The van der Waals surface area contributed by atoms with Crippen LogP contribution in [0.1, 0.15) is 11.1 Å². The molecular weight excluding hydrogens is 1090 g/mol. The number of nitrogens with one attached hydrogen (secondary N) is 4. The third-order valence-corrected chi connectivity index (χ3v) is 13.6. The van der Waals surface area contributed by atoms with Gasteiger partial charge in [-0.15, -0.1) is 0 Å². The quantitative estimate of drug-likeness (QED) is 0.0447. The standard InChI is InChI=1S/C40H40N12O14S4.4Na/c53-67(54,55)29-9-5-27(6-10-29)41-35-45-37(49-39(47-35)51-15-19-65-20-16-51)43-31-13-3-25(23-33(31)69(59,60)61)1-2-26-4-14-32(34(24-26)70(62,63)64)44-38-46-36(48-40(50-38)52-17-21-66-22-18-52)42-28-7-11-30(12-8-28)68(56,57)58;;;;/h1-14,23-24H,15-22H2,(H,53,54,55)(H,56,57,58)(H,59,60,61)(H,62,63,64)(H2,41,43,45,47,49)(H2,42,44,46,48,50);;;;/q;4*+1/p-4/b2-1+;;;;. The van der Waals surface area contributed by atoms with E-state index in [1.54, 1.807) is 9.80 Å². The maximum atomic E-state index is 12.7. The molecule has 0 radical (unpaired) electrons. The largest absolute Gasteiger partial charge is 1.00 e. The molecule has 0 unspecified atom stereocenters. The molecule has 2 saturated heterocycles. The molecule has 2 aliphatic rings. The molecule has 8 rings (SSSR count). The maximum Gasteiger partial charge on any atom is 1.00 e. The smallest absolute Gasteiger partial charge is 0.744 e. The molecule has 0 amide bonds. The number of rotatable bonds is 14. The molecule has 0 spiro atoms. The Morgan fingerprint density at radius 1 is 0.486 bits per heavy atom. The Morgan fingerprint density at radius 2 is 0.824 bits per heavy atom. The van der Waals surface area contributed by atoms with Crippen LogP contribution in [-0.2, 0) is 49.9 Å². The summed E-state index contributed by atoms with van der Waals surface area (Å²) in [6.45, 7) is 3.06. The number of anilines is 6. The number of ether oxygens (including phenoxy) is 2. The Balaban J connectivity index is 0.00000296. The minimum absolute atomic E-state index is 0. The van der Waals surface area contributed by atoms with E-state index in [9.17, 15) is 51.9 Å². The molecular formula is C40H36N12Na4O14S4. The zero-order valence-electron chi connectivity index (χ0n) is 39.8. The number of aromatic amines is 2. The molecule has 4 heterocycles. The van der Waals surface area contributed by atoms with Gasteiger partial charge >= 0.3 is 118 Å². The van der Waals surface area contributed by atoms with Gasteiger partial charge in [0.2, 0.25) is 35.0 Å². The van der Waals surface area contributed by atoms with E-state index in [1.807, 2.05) is 0 Å². The predicted octanol–water partition coefficient (Wildman–Crippen LogP) is -10.6. The summed E-state index contributed by atoms with van der Waals surface area (Å²) in [5.74, 6) is 0.330. The minimum atomic E-state index is -5.21. The van der Waals surface area contributed by atoms with Crippen molar-refractivity contribution in [3.8, 4) is 0 Å². The summed E-state index contributed by atoms with van der Waals surface area (Å²) in [5, 5.41) is 5.77. The average molecular weight is 1130 g/mol. The van der Waals surface area contributed by atoms with Crippen LogP contribution in [0.2, 0.25) is 0 Å². The van der Waals surface area contributed by atoms with E-state index in [-0.39, 0.29) is 187 Å². The van der Waals surface area contributed by atoms with Gasteiger partial charge in [-0.2, -0.15) is 19.9 Å². The first-order chi connectivity index (χ1) is 33.1. The zero-order chi connectivity index (χ0) is 49.8. The van der Waals surface area contributed by atoms with E-state index in [2.05, 4.69) is 50.5 Å². The Morgan fingerprint density at radius 3 is 1.14 bits per heavy atom. The molecule has 74 heavy (non-hydrogen) atoms.